The number of nitrogens with zero attached hydrogens (tertiary/aromatic N) is 2. The van der Waals surface area contributed by atoms with Gasteiger partial charge >= 0.3 is 6.09 Å². The first kappa shape index (κ1) is 32.6. The Morgan fingerprint density at radius 3 is 2.24 bits per heavy atom. The molecule has 0 aliphatic carbocycles. The van der Waals surface area contributed by atoms with Crippen LogP contribution >= 0.6 is 11.6 Å². The summed E-state index contributed by atoms with van der Waals surface area (Å²) in [5.74, 6) is -0.0957. The zero-order chi connectivity index (χ0) is 28.5. The van der Waals surface area contributed by atoms with Crippen molar-refractivity contribution < 1.29 is 23.5 Å². The highest BCUT2D eigenvalue weighted by molar-refractivity contribution is 6.31. The smallest absolute Gasteiger partial charge is 0.409 e. The third-order valence-electron chi connectivity index (χ3n) is 5.21. The number of amides is 2. The van der Waals surface area contributed by atoms with E-state index in [2.05, 4.69) is 10.3 Å². The second kappa shape index (κ2) is 17.9. The van der Waals surface area contributed by atoms with Crippen molar-refractivity contribution in [2.45, 2.75) is 27.7 Å². The van der Waals surface area contributed by atoms with E-state index in [9.17, 15) is 18.8 Å². The van der Waals surface area contributed by atoms with E-state index in [-0.39, 0.29) is 17.8 Å². The molecule has 0 spiro atoms. The van der Waals surface area contributed by atoms with Gasteiger partial charge in [-0.25, -0.2) is 9.18 Å². The van der Waals surface area contributed by atoms with Crippen molar-refractivity contribution >= 4 is 42.0 Å². The molecule has 1 aromatic carbocycles. The minimum atomic E-state index is -0.289. The van der Waals surface area contributed by atoms with Crippen LogP contribution in [-0.4, -0.2) is 79.4 Å². The summed E-state index contributed by atoms with van der Waals surface area (Å²) in [6.07, 6.45) is 6.12. The Bertz CT molecular complexity index is 1020. The summed E-state index contributed by atoms with van der Waals surface area (Å²) in [6, 6.07) is 8.17. The SMILES string of the molecule is C/C=C\c1[nH]c(C=O)cc1/C=C(\C)Cl.CCOC(=O)N1CCN(C(=O)CNC)CC1.Cc1ccc(F)cc1. The summed E-state index contributed by atoms with van der Waals surface area (Å²) in [7, 11) is 1.74. The van der Waals surface area contributed by atoms with E-state index in [1.165, 1.54) is 12.1 Å². The van der Waals surface area contributed by atoms with Gasteiger partial charge in [0.25, 0.3) is 0 Å². The van der Waals surface area contributed by atoms with Crippen LogP contribution in [0.15, 0.2) is 41.4 Å². The van der Waals surface area contributed by atoms with Crippen molar-refractivity contribution in [1.29, 1.82) is 0 Å². The molecule has 0 radical (unpaired) electrons. The number of nitrogens with one attached hydrogen (secondary N) is 2. The van der Waals surface area contributed by atoms with E-state index in [4.69, 9.17) is 16.3 Å². The lowest BCUT2D eigenvalue weighted by atomic mass is 10.2. The number of piperazine rings is 1. The summed E-state index contributed by atoms with van der Waals surface area (Å²) in [4.78, 5) is 39.8. The number of carbonyl (C=O) groups excluding carboxylic acids is 3. The molecule has 1 aliphatic rings. The Kier molecular flexibility index (Phi) is 15.4. The van der Waals surface area contributed by atoms with Gasteiger partial charge in [0.15, 0.2) is 6.29 Å². The molecular formula is C28H38ClFN4O4. The normalized spacial score (nSPS) is 13.3. The molecule has 2 amide bonds. The number of aryl methyl sites for hydroxylation is 1. The lowest BCUT2D eigenvalue weighted by molar-refractivity contribution is -0.131. The number of H-pyrrole nitrogens is 1. The summed E-state index contributed by atoms with van der Waals surface area (Å²) < 4.78 is 17.0. The van der Waals surface area contributed by atoms with Crippen LogP contribution in [0.25, 0.3) is 12.2 Å². The molecule has 208 valence electrons. The molecule has 10 heteroatoms. The number of carbonyl (C=O) groups is 3. The quantitative estimate of drug-likeness (QED) is 0.490. The molecule has 3 rings (SSSR count). The average molecular weight is 549 g/mol. The van der Waals surface area contributed by atoms with E-state index in [1.807, 2.05) is 32.1 Å². The predicted octanol–water partition coefficient (Wildman–Crippen LogP) is 5.10. The largest absolute Gasteiger partial charge is 0.450 e. The second-order valence-electron chi connectivity index (χ2n) is 8.34. The Morgan fingerprint density at radius 2 is 1.76 bits per heavy atom. The highest BCUT2D eigenvalue weighted by Gasteiger charge is 2.24. The molecule has 1 fully saturated rings. The Labute approximate surface area is 229 Å². The van der Waals surface area contributed by atoms with Gasteiger partial charge < -0.3 is 24.8 Å². The highest BCUT2D eigenvalue weighted by Crippen LogP contribution is 2.17. The van der Waals surface area contributed by atoms with Gasteiger partial charge in [-0.2, -0.15) is 0 Å². The van der Waals surface area contributed by atoms with Crippen molar-refractivity contribution in [2.75, 3.05) is 46.4 Å². The first-order chi connectivity index (χ1) is 18.1. The van der Waals surface area contributed by atoms with Crippen LogP contribution < -0.4 is 5.32 Å². The van der Waals surface area contributed by atoms with Crippen molar-refractivity contribution in [3.8, 4) is 0 Å². The van der Waals surface area contributed by atoms with E-state index in [0.29, 0.717) is 50.1 Å². The topological polar surface area (TPSA) is 94.7 Å². The van der Waals surface area contributed by atoms with E-state index < -0.39 is 0 Å². The van der Waals surface area contributed by atoms with Crippen LogP contribution in [0, 0.1) is 12.7 Å². The molecule has 0 bridgehead atoms. The summed E-state index contributed by atoms with van der Waals surface area (Å²) >= 11 is 5.77. The number of benzene rings is 1. The fraction of sp³-hybridized carbons (Fsp3) is 0.393. The van der Waals surface area contributed by atoms with Gasteiger partial charge in [0.05, 0.1) is 18.8 Å². The van der Waals surface area contributed by atoms with Crippen molar-refractivity contribution in [3.05, 3.63) is 69.8 Å². The first-order valence-electron chi connectivity index (χ1n) is 12.4. The monoisotopic (exact) mass is 548 g/mol. The fourth-order valence-corrected chi connectivity index (χ4v) is 3.48. The second-order valence-corrected chi connectivity index (χ2v) is 8.93. The van der Waals surface area contributed by atoms with Crippen LogP contribution in [0.3, 0.4) is 0 Å². The molecule has 2 N–H and O–H groups in total. The molecule has 0 unspecified atom stereocenters. The van der Waals surface area contributed by atoms with Gasteiger partial charge in [0.2, 0.25) is 5.91 Å². The third-order valence-corrected chi connectivity index (χ3v) is 5.32. The van der Waals surface area contributed by atoms with Gasteiger partial charge in [0.1, 0.15) is 5.82 Å². The first-order valence-corrected chi connectivity index (χ1v) is 12.7. The van der Waals surface area contributed by atoms with E-state index in [0.717, 1.165) is 23.1 Å². The highest BCUT2D eigenvalue weighted by atomic mass is 35.5. The molecule has 0 saturated carbocycles. The number of rotatable bonds is 6. The molecule has 1 aromatic heterocycles. The maximum absolute atomic E-state index is 12.1. The maximum Gasteiger partial charge on any atom is 0.409 e. The number of aldehydes is 1. The molecule has 1 saturated heterocycles. The lowest BCUT2D eigenvalue weighted by Crippen LogP contribution is -2.52. The standard InChI is InChI=1S/C11H12ClNO.C10H19N3O3.C7H7F/c1-3-4-11-9(5-8(2)12)6-10(7-14)13-11;1-3-16-10(15)13-6-4-12(5-7-13)9(14)8-11-2;1-6-2-4-7(8)5-3-6/h3-7,13H,1-2H3;11H,3-8H2,1-2H3;2-5H,1H3/b4-3-,8-5+;;. The molecule has 2 aromatic rings. The van der Waals surface area contributed by atoms with Gasteiger partial charge in [-0.3, -0.25) is 9.59 Å². The number of aromatic amines is 1. The minimum absolute atomic E-state index is 0.0750. The molecule has 8 nitrogen and oxygen atoms in total. The van der Waals surface area contributed by atoms with Crippen molar-refractivity contribution in [1.82, 2.24) is 20.1 Å². The molecule has 1 aliphatic heterocycles. The van der Waals surface area contributed by atoms with Crippen molar-refractivity contribution in [2.24, 2.45) is 0 Å². The van der Waals surface area contributed by atoms with Crippen LogP contribution in [0.1, 0.15) is 48.1 Å². The van der Waals surface area contributed by atoms with E-state index in [1.54, 1.807) is 48.9 Å². The zero-order valence-corrected chi connectivity index (χ0v) is 23.5. The van der Waals surface area contributed by atoms with Crippen LogP contribution in [0.4, 0.5) is 9.18 Å². The minimum Gasteiger partial charge on any atom is -0.450 e. The number of hydrogen-bond acceptors (Lipinski definition) is 5. The van der Waals surface area contributed by atoms with Gasteiger partial charge in [0, 0.05) is 42.5 Å². The predicted molar refractivity (Wildman–Crippen MR) is 151 cm³/mol. The molecule has 0 atom stereocenters. The number of hydrogen-bond donors (Lipinski definition) is 2. The Hall–Kier alpha value is -3.43. The third kappa shape index (κ3) is 12.2. The summed E-state index contributed by atoms with van der Waals surface area (Å²) in [5, 5.41) is 3.51. The van der Waals surface area contributed by atoms with Gasteiger partial charge in [-0.05, 0) is 65.1 Å². The zero-order valence-electron chi connectivity index (χ0n) is 22.7. The van der Waals surface area contributed by atoms with Crippen LogP contribution in [-0.2, 0) is 9.53 Å². The lowest BCUT2D eigenvalue weighted by Gasteiger charge is -2.34. The summed E-state index contributed by atoms with van der Waals surface area (Å²) in [6.45, 7) is 10.4. The summed E-state index contributed by atoms with van der Waals surface area (Å²) in [5.41, 5.74) is 3.47. The van der Waals surface area contributed by atoms with E-state index >= 15 is 0 Å². The Morgan fingerprint density at radius 1 is 1.16 bits per heavy atom. The average Bonchev–Trinajstić information content (AvgIpc) is 3.28. The number of likely N-dealkylation sites (N-methyl/N-ethyl adjacent to an activating group) is 1. The maximum atomic E-state index is 12.1. The van der Waals surface area contributed by atoms with Crippen LogP contribution in [0.5, 0.6) is 0 Å². The molecular weight excluding hydrogens is 511 g/mol. The molecule has 38 heavy (non-hydrogen) atoms. The molecule has 2 heterocycles. The van der Waals surface area contributed by atoms with Gasteiger partial charge in [-0.15, -0.1) is 0 Å². The number of ether oxygens (including phenoxy) is 1. The number of aromatic nitrogens is 1. The van der Waals surface area contributed by atoms with Crippen molar-refractivity contribution in [3.63, 3.8) is 0 Å². The Balaban J connectivity index is 0.000000300. The van der Waals surface area contributed by atoms with Gasteiger partial charge in [-0.1, -0.05) is 35.4 Å². The number of allylic oxidation sites excluding steroid dienone is 2. The fourth-order valence-electron chi connectivity index (χ4n) is 3.36. The van der Waals surface area contributed by atoms with Crippen LogP contribution in [0.2, 0.25) is 0 Å². The number of halogens is 2.